The summed E-state index contributed by atoms with van der Waals surface area (Å²) in [6, 6.07) is 0. The monoisotopic (exact) mass is 338 g/mol. The molecule has 0 heterocycles. The molecule has 0 unspecified atom stereocenters. The first-order chi connectivity index (χ1) is 11.5. The maximum Gasteiger partial charge on any atom is 0.263 e. The third-order valence-electron chi connectivity index (χ3n) is 3.37. The first-order valence-electron chi connectivity index (χ1n) is 8.72. The summed E-state index contributed by atoms with van der Waals surface area (Å²) < 4.78 is 29.8. The zero-order valence-electron chi connectivity index (χ0n) is 15.2. The highest BCUT2D eigenvalue weighted by atomic mass is 19.3. The van der Waals surface area contributed by atoms with Crippen molar-refractivity contribution in [3.05, 3.63) is 60.4 Å². The van der Waals surface area contributed by atoms with E-state index in [2.05, 4.69) is 26.2 Å². The van der Waals surface area contributed by atoms with Crippen LogP contribution in [0.4, 0.5) is 8.78 Å². The largest absolute Gasteiger partial charge is 0.502 e. The number of hydrogen-bond acceptors (Lipinski definition) is 1. The van der Waals surface area contributed by atoms with Crippen LogP contribution in [0.25, 0.3) is 0 Å². The summed E-state index contributed by atoms with van der Waals surface area (Å²) in [5, 5.41) is 0. The van der Waals surface area contributed by atoms with Gasteiger partial charge in [0.1, 0.15) is 0 Å². The fraction of sp³-hybridized carbons (Fsp3) is 0.524. The molecule has 0 fully saturated rings. The lowest BCUT2D eigenvalue weighted by Gasteiger charge is -2.05. The molecule has 0 aliphatic heterocycles. The fourth-order valence-corrected chi connectivity index (χ4v) is 2.09. The Morgan fingerprint density at radius 1 is 1.08 bits per heavy atom. The molecule has 0 saturated heterocycles. The molecule has 0 radical (unpaired) electrons. The second-order valence-corrected chi connectivity index (χ2v) is 5.95. The van der Waals surface area contributed by atoms with Gasteiger partial charge >= 0.3 is 0 Å². The van der Waals surface area contributed by atoms with Crippen molar-refractivity contribution < 1.29 is 13.5 Å². The highest BCUT2D eigenvalue weighted by molar-refractivity contribution is 5.19. The molecule has 0 aromatic rings. The highest BCUT2D eigenvalue weighted by Gasteiger charge is 2.02. The van der Waals surface area contributed by atoms with E-state index in [4.69, 9.17) is 4.74 Å². The van der Waals surface area contributed by atoms with Gasteiger partial charge in [0.2, 0.25) is 0 Å². The lowest BCUT2D eigenvalue weighted by molar-refractivity contribution is 0.194. The first-order valence-corrected chi connectivity index (χ1v) is 8.72. The van der Waals surface area contributed by atoms with E-state index in [0.717, 1.165) is 31.3 Å². The molecule has 0 aliphatic rings. The Labute approximate surface area is 146 Å². The van der Waals surface area contributed by atoms with E-state index in [1.165, 1.54) is 24.5 Å². The normalized spacial score (nSPS) is 12.5. The molecule has 3 heteroatoms. The lowest BCUT2D eigenvalue weighted by Crippen LogP contribution is -1.91. The number of alkyl halides is 2. The van der Waals surface area contributed by atoms with Crippen LogP contribution in [0.3, 0.4) is 0 Å². The summed E-state index contributed by atoms with van der Waals surface area (Å²) >= 11 is 0. The van der Waals surface area contributed by atoms with Crippen LogP contribution < -0.4 is 0 Å². The van der Waals surface area contributed by atoms with Crippen LogP contribution >= 0.6 is 0 Å². The van der Waals surface area contributed by atoms with E-state index in [1.54, 1.807) is 12.3 Å². The second-order valence-electron chi connectivity index (χ2n) is 5.95. The van der Waals surface area contributed by atoms with Crippen molar-refractivity contribution in [2.75, 3.05) is 6.61 Å². The minimum atomic E-state index is -2.47. The standard InChI is InChI=1S/C21H32F2O/c1-5-6-13-20(17-18(2)3)14-9-11-16-24-15-10-7-8-12-19(4)21(22)23/h8,11-12,16-17,21H,2,4-7,9-10,13-15H2,1,3H3/b12-8-,16-11+,20-17+. The van der Waals surface area contributed by atoms with Gasteiger partial charge in [0.15, 0.2) is 0 Å². The number of hydrogen-bond donors (Lipinski definition) is 0. The van der Waals surface area contributed by atoms with E-state index in [1.807, 2.05) is 13.0 Å². The molecule has 0 atom stereocenters. The van der Waals surface area contributed by atoms with Gasteiger partial charge in [-0.2, -0.15) is 0 Å². The second kappa shape index (κ2) is 14.9. The maximum atomic E-state index is 12.2. The Morgan fingerprint density at radius 3 is 2.46 bits per heavy atom. The summed E-state index contributed by atoms with van der Waals surface area (Å²) in [5.74, 6) is 0. The van der Waals surface area contributed by atoms with Gasteiger partial charge in [-0.15, -0.1) is 0 Å². The Balaban J connectivity index is 3.81. The molecule has 0 aromatic carbocycles. The molecule has 0 spiro atoms. The van der Waals surface area contributed by atoms with Gasteiger partial charge in [0.05, 0.1) is 12.9 Å². The molecule has 0 amide bonds. The first kappa shape index (κ1) is 22.4. The van der Waals surface area contributed by atoms with E-state index >= 15 is 0 Å². The Morgan fingerprint density at radius 2 is 1.83 bits per heavy atom. The summed E-state index contributed by atoms with van der Waals surface area (Å²) in [6.45, 7) is 12.0. The molecule has 0 N–H and O–H groups in total. The van der Waals surface area contributed by atoms with Gasteiger partial charge in [-0.25, -0.2) is 8.78 Å². The van der Waals surface area contributed by atoms with Crippen LogP contribution in [0.15, 0.2) is 60.4 Å². The minimum absolute atomic E-state index is 0.141. The van der Waals surface area contributed by atoms with Crippen LogP contribution in [0.2, 0.25) is 0 Å². The van der Waals surface area contributed by atoms with Gasteiger partial charge in [-0.3, -0.25) is 0 Å². The number of ether oxygens (including phenoxy) is 1. The predicted octanol–water partition coefficient (Wildman–Crippen LogP) is 7.15. The average Bonchev–Trinajstić information content (AvgIpc) is 2.53. The van der Waals surface area contributed by atoms with Crippen LogP contribution in [0, 0.1) is 0 Å². The predicted molar refractivity (Wildman–Crippen MR) is 100 cm³/mol. The summed E-state index contributed by atoms with van der Waals surface area (Å²) in [5.41, 5.74) is 2.40. The van der Waals surface area contributed by atoms with Crippen molar-refractivity contribution in [3.63, 3.8) is 0 Å². The van der Waals surface area contributed by atoms with E-state index in [0.29, 0.717) is 13.0 Å². The van der Waals surface area contributed by atoms with E-state index < -0.39 is 6.43 Å². The molecule has 0 aromatic heterocycles. The van der Waals surface area contributed by atoms with Crippen molar-refractivity contribution in [1.29, 1.82) is 0 Å². The minimum Gasteiger partial charge on any atom is -0.502 e. The van der Waals surface area contributed by atoms with Crippen LogP contribution in [0.1, 0.15) is 58.8 Å². The van der Waals surface area contributed by atoms with Crippen molar-refractivity contribution >= 4 is 0 Å². The molecule has 0 aliphatic carbocycles. The molecular formula is C21H32F2O. The maximum absolute atomic E-state index is 12.2. The van der Waals surface area contributed by atoms with Crippen molar-refractivity contribution in [2.45, 2.75) is 65.2 Å². The molecule has 24 heavy (non-hydrogen) atoms. The molecule has 0 rings (SSSR count). The Kier molecular flexibility index (Phi) is 13.9. The third-order valence-corrected chi connectivity index (χ3v) is 3.37. The zero-order valence-corrected chi connectivity index (χ0v) is 15.2. The molecular weight excluding hydrogens is 306 g/mol. The van der Waals surface area contributed by atoms with E-state index in [9.17, 15) is 8.78 Å². The van der Waals surface area contributed by atoms with Crippen LogP contribution in [-0.2, 0) is 4.74 Å². The molecule has 0 saturated carbocycles. The molecule has 1 nitrogen and oxygen atoms in total. The number of rotatable bonds is 14. The highest BCUT2D eigenvalue weighted by Crippen LogP contribution is 2.16. The fourth-order valence-electron chi connectivity index (χ4n) is 2.09. The topological polar surface area (TPSA) is 9.23 Å². The average molecular weight is 338 g/mol. The van der Waals surface area contributed by atoms with Crippen molar-refractivity contribution in [3.8, 4) is 0 Å². The Bertz CT molecular complexity index is 445. The lowest BCUT2D eigenvalue weighted by atomic mass is 10.0. The van der Waals surface area contributed by atoms with Crippen molar-refractivity contribution in [2.24, 2.45) is 0 Å². The van der Waals surface area contributed by atoms with E-state index in [-0.39, 0.29) is 5.57 Å². The van der Waals surface area contributed by atoms with Crippen molar-refractivity contribution in [1.82, 2.24) is 0 Å². The van der Waals surface area contributed by atoms with Gasteiger partial charge in [0, 0.05) is 5.57 Å². The number of unbranched alkanes of at least 4 members (excludes halogenated alkanes) is 2. The summed E-state index contributed by atoms with van der Waals surface area (Å²) in [4.78, 5) is 0. The molecule has 136 valence electrons. The SMILES string of the molecule is C=C(C)/C=C(/CC/C=C/OCCC/C=C\C(=C)C(F)F)CCCC. The van der Waals surface area contributed by atoms with Crippen LogP contribution in [-0.4, -0.2) is 13.0 Å². The van der Waals surface area contributed by atoms with Crippen LogP contribution in [0.5, 0.6) is 0 Å². The number of halogens is 2. The molecule has 0 bridgehead atoms. The van der Waals surface area contributed by atoms with Gasteiger partial charge < -0.3 is 4.74 Å². The quantitative estimate of drug-likeness (QED) is 0.186. The van der Waals surface area contributed by atoms with Gasteiger partial charge in [-0.05, 0) is 51.5 Å². The smallest absolute Gasteiger partial charge is 0.263 e. The van der Waals surface area contributed by atoms with Gasteiger partial charge in [0.25, 0.3) is 6.43 Å². The summed E-state index contributed by atoms with van der Waals surface area (Å²) in [7, 11) is 0. The Hall–Kier alpha value is -1.64. The summed E-state index contributed by atoms with van der Waals surface area (Å²) in [6.07, 6.45) is 13.6. The number of allylic oxidation sites excluding steroid dienone is 7. The third kappa shape index (κ3) is 14.0. The zero-order chi connectivity index (χ0) is 18.2. The van der Waals surface area contributed by atoms with Gasteiger partial charge in [-0.1, -0.05) is 55.9 Å².